The third-order valence-electron chi connectivity index (χ3n) is 4.92. The topological polar surface area (TPSA) is 51.5 Å². The fraction of sp³-hybridized carbons (Fsp3) is 0.200. The summed E-state index contributed by atoms with van der Waals surface area (Å²) in [5.41, 5.74) is 1.07. The molecule has 28 heavy (non-hydrogen) atoms. The average molecular weight is 404 g/mol. The molecule has 0 saturated heterocycles. The van der Waals surface area contributed by atoms with E-state index in [0.29, 0.717) is 23.6 Å². The van der Waals surface area contributed by atoms with Crippen LogP contribution in [0.3, 0.4) is 0 Å². The number of sulfonamides is 1. The van der Waals surface area contributed by atoms with Gasteiger partial charge in [0, 0.05) is 25.0 Å². The summed E-state index contributed by atoms with van der Waals surface area (Å²) in [6.07, 6.45) is 1.85. The van der Waals surface area contributed by atoms with Crippen molar-refractivity contribution >= 4 is 10.0 Å². The molecule has 3 aromatic rings. The lowest BCUT2D eigenvalue weighted by Crippen LogP contribution is -2.42. The van der Waals surface area contributed by atoms with E-state index in [4.69, 9.17) is 4.74 Å². The van der Waals surface area contributed by atoms with Crippen LogP contribution in [0, 0.1) is 11.6 Å². The molecule has 0 radical (unpaired) electrons. The Labute approximate surface area is 161 Å². The first-order valence-electron chi connectivity index (χ1n) is 8.67. The molecule has 2 aromatic carbocycles. The molecular formula is C20H18F2N2O3S. The first kappa shape index (κ1) is 18.6. The predicted molar refractivity (Wildman–Crippen MR) is 99.5 cm³/mol. The SMILES string of the molecule is COc1ccc(S(=O)(=O)N2CCn3cccc3C2c2ccc(F)c(F)c2)cc1. The summed E-state index contributed by atoms with van der Waals surface area (Å²) in [6, 6.07) is 12.4. The minimum atomic E-state index is -3.88. The van der Waals surface area contributed by atoms with E-state index in [1.807, 2.05) is 16.8 Å². The van der Waals surface area contributed by atoms with Gasteiger partial charge < -0.3 is 9.30 Å². The molecule has 1 aliphatic heterocycles. The maximum absolute atomic E-state index is 13.9. The summed E-state index contributed by atoms with van der Waals surface area (Å²) in [5.74, 6) is -1.44. The van der Waals surface area contributed by atoms with Gasteiger partial charge in [0.1, 0.15) is 5.75 Å². The van der Waals surface area contributed by atoms with E-state index in [1.165, 1.54) is 29.6 Å². The van der Waals surface area contributed by atoms with Gasteiger partial charge in [-0.05, 0) is 54.1 Å². The number of hydrogen-bond acceptors (Lipinski definition) is 3. The highest BCUT2D eigenvalue weighted by atomic mass is 32.2. The van der Waals surface area contributed by atoms with E-state index in [0.717, 1.165) is 12.1 Å². The third-order valence-corrected chi connectivity index (χ3v) is 6.80. The van der Waals surface area contributed by atoms with Crippen molar-refractivity contribution in [1.29, 1.82) is 0 Å². The molecule has 8 heteroatoms. The standard InChI is InChI=1S/C20H18F2N2O3S/c1-27-15-5-7-16(8-6-15)28(25,26)24-12-11-23-10-2-3-19(23)20(24)14-4-9-17(21)18(22)13-14/h2-10,13,20H,11-12H2,1H3. The van der Waals surface area contributed by atoms with Crippen LogP contribution in [-0.2, 0) is 16.6 Å². The van der Waals surface area contributed by atoms with Gasteiger partial charge in [0.15, 0.2) is 11.6 Å². The zero-order valence-electron chi connectivity index (χ0n) is 15.0. The van der Waals surface area contributed by atoms with Crippen molar-refractivity contribution in [3.05, 3.63) is 83.7 Å². The van der Waals surface area contributed by atoms with E-state index in [2.05, 4.69) is 0 Å². The molecule has 1 aliphatic rings. The molecule has 0 spiro atoms. The molecule has 0 saturated carbocycles. The van der Waals surface area contributed by atoms with E-state index in [-0.39, 0.29) is 11.4 Å². The van der Waals surface area contributed by atoms with Gasteiger partial charge in [-0.3, -0.25) is 0 Å². The van der Waals surface area contributed by atoms with Crippen LogP contribution in [0.15, 0.2) is 65.7 Å². The first-order chi connectivity index (χ1) is 13.4. The zero-order chi connectivity index (χ0) is 19.9. The van der Waals surface area contributed by atoms with Gasteiger partial charge in [-0.1, -0.05) is 6.07 Å². The smallest absolute Gasteiger partial charge is 0.244 e. The van der Waals surface area contributed by atoms with Gasteiger partial charge >= 0.3 is 0 Å². The van der Waals surface area contributed by atoms with E-state index >= 15 is 0 Å². The van der Waals surface area contributed by atoms with Gasteiger partial charge in [-0.25, -0.2) is 17.2 Å². The highest BCUT2D eigenvalue weighted by Crippen LogP contribution is 2.37. The highest BCUT2D eigenvalue weighted by molar-refractivity contribution is 7.89. The zero-order valence-corrected chi connectivity index (χ0v) is 15.9. The van der Waals surface area contributed by atoms with Crippen LogP contribution in [-0.4, -0.2) is 30.9 Å². The largest absolute Gasteiger partial charge is 0.497 e. The van der Waals surface area contributed by atoms with E-state index in [9.17, 15) is 17.2 Å². The number of methoxy groups -OCH3 is 1. The second kappa shape index (κ2) is 7.03. The van der Waals surface area contributed by atoms with Crippen molar-refractivity contribution in [2.75, 3.05) is 13.7 Å². The van der Waals surface area contributed by atoms with Crippen molar-refractivity contribution < 1.29 is 21.9 Å². The molecule has 0 aliphatic carbocycles. The first-order valence-corrected chi connectivity index (χ1v) is 10.1. The van der Waals surface area contributed by atoms with Crippen LogP contribution in [0.1, 0.15) is 17.3 Å². The summed E-state index contributed by atoms with van der Waals surface area (Å²) < 4.78 is 62.4. The Morgan fingerprint density at radius 1 is 1.00 bits per heavy atom. The van der Waals surface area contributed by atoms with Crippen molar-refractivity contribution in [3.8, 4) is 5.75 Å². The van der Waals surface area contributed by atoms with Gasteiger partial charge in [-0.15, -0.1) is 0 Å². The second-order valence-electron chi connectivity index (χ2n) is 6.49. The minimum absolute atomic E-state index is 0.112. The lowest BCUT2D eigenvalue weighted by Gasteiger charge is -2.36. The molecule has 4 rings (SSSR count). The molecule has 1 aromatic heterocycles. The molecule has 5 nitrogen and oxygen atoms in total. The van der Waals surface area contributed by atoms with Crippen LogP contribution in [0.25, 0.3) is 0 Å². The number of fused-ring (bicyclic) bond motifs is 1. The average Bonchev–Trinajstić information content (AvgIpc) is 3.18. The Bertz CT molecular complexity index is 1110. The number of nitrogens with zero attached hydrogens (tertiary/aromatic N) is 2. The highest BCUT2D eigenvalue weighted by Gasteiger charge is 2.37. The maximum Gasteiger partial charge on any atom is 0.244 e. The number of halogens is 2. The Kier molecular flexibility index (Phi) is 4.68. The van der Waals surface area contributed by atoms with Crippen molar-refractivity contribution in [1.82, 2.24) is 8.87 Å². The molecule has 0 N–H and O–H groups in total. The van der Waals surface area contributed by atoms with Gasteiger partial charge in [-0.2, -0.15) is 4.31 Å². The molecule has 0 amide bonds. The molecule has 0 fully saturated rings. The quantitative estimate of drug-likeness (QED) is 0.668. The number of hydrogen-bond donors (Lipinski definition) is 0. The summed E-state index contributed by atoms with van der Waals surface area (Å²) in [4.78, 5) is 0.112. The van der Waals surface area contributed by atoms with Crippen molar-refractivity contribution in [3.63, 3.8) is 0 Å². The number of benzene rings is 2. The lowest BCUT2D eigenvalue weighted by molar-refractivity contribution is 0.297. The lowest BCUT2D eigenvalue weighted by atomic mass is 10.0. The molecule has 1 atom stereocenters. The van der Waals surface area contributed by atoms with E-state index < -0.39 is 27.7 Å². The van der Waals surface area contributed by atoms with Crippen LogP contribution in [0.5, 0.6) is 5.75 Å². The normalized spacial score (nSPS) is 17.3. The molecule has 146 valence electrons. The fourth-order valence-electron chi connectivity index (χ4n) is 3.52. The van der Waals surface area contributed by atoms with E-state index in [1.54, 1.807) is 18.2 Å². The Hall–Kier alpha value is -2.71. The second-order valence-corrected chi connectivity index (χ2v) is 8.38. The van der Waals surface area contributed by atoms with Crippen molar-refractivity contribution in [2.24, 2.45) is 0 Å². The summed E-state index contributed by atoms with van der Waals surface area (Å²) in [5, 5.41) is 0. The Balaban J connectivity index is 1.83. The number of aromatic nitrogens is 1. The monoisotopic (exact) mass is 404 g/mol. The molecule has 1 unspecified atom stereocenters. The summed E-state index contributed by atoms with van der Waals surface area (Å²) >= 11 is 0. The van der Waals surface area contributed by atoms with Crippen LogP contribution in [0.2, 0.25) is 0 Å². The number of rotatable bonds is 4. The predicted octanol–water partition coefficient (Wildman–Crippen LogP) is 3.57. The van der Waals surface area contributed by atoms with Crippen LogP contribution < -0.4 is 4.74 Å². The van der Waals surface area contributed by atoms with Crippen LogP contribution >= 0.6 is 0 Å². The minimum Gasteiger partial charge on any atom is -0.497 e. The maximum atomic E-state index is 13.9. The summed E-state index contributed by atoms with van der Waals surface area (Å²) in [7, 11) is -2.38. The third kappa shape index (κ3) is 3.08. The molecule has 2 heterocycles. The number of ether oxygens (including phenoxy) is 1. The Morgan fingerprint density at radius 3 is 2.43 bits per heavy atom. The van der Waals surface area contributed by atoms with Crippen LogP contribution in [0.4, 0.5) is 8.78 Å². The van der Waals surface area contributed by atoms with Crippen molar-refractivity contribution in [2.45, 2.75) is 17.5 Å². The van der Waals surface area contributed by atoms with Gasteiger partial charge in [0.2, 0.25) is 10.0 Å². The molecule has 0 bridgehead atoms. The van der Waals surface area contributed by atoms with Gasteiger partial charge in [0.05, 0.1) is 18.0 Å². The molecular weight excluding hydrogens is 386 g/mol. The Morgan fingerprint density at radius 2 is 1.75 bits per heavy atom. The fourth-order valence-corrected chi connectivity index (χ4v) is 5.10. The summed E-state index contributed by atoms with van der Waals surface area (Å²) in [6.45, 7) is 0.678. The van der Waals surface area contributed by atoms with Gasteiger partial charge in [0.25, 0.3) is 0 Å².